The van der Waals surface area contributed by atoms with Crippen LogP contribution in [0.25, 0.3) is 0 Å². The molecule has 0 aromatic heterocycles. The topological polar surface area (TPSA) is 114 Å². The van der Waals surface area contributed by atoms with Crippen LogP contribution in [0.4, 0.5) is 0 Å². The molecule has 0 aliphatic heterocycles. The van der Waals surface area contributed by atoms with Gasteiger partial charge in [0.15, 0.2) is 15.9 Å². The summed E-state index contributed by atoms with van der Waals surface area (Å²) in [6.45, 7) is 5.43. The highest BCUT2D eigenvalue weighted by atomic mass is 35.5. The number of ketones is 1. The second kappa shape index (κ2) is 16.0. The van der Waals surface area contributed by atoms with Crippen LogP contribution in [0.5, 0.6) is 0 Å². The van der Waals surface area contributed by atoms with Crippen molar-refractivity contribution < 1.29 is 19.3 Å². The van der Waals surface area contributed by atoms with Gasteiger partial charge in [-0.05, 0) is 39.2 Å². The van der Waals surface area contributed by atoms with Gasteiger partial charge in [-0.15, -0.1) is 16.9 Å². The second-order valence-corrected chi connectivity index (χ2v) is 10.5. The summed E-state index contributed by atoms with van der Waals surface area (Å²) in [6, 6.07) is 14.1. The van der Waals surface area contributed by atoms with E-state index in [4.69, 9.17) is 21.3 Å². The van der Waals surface area contributed by atoms with Crippen LogP contribution < -0.4 is 5.32 Å². The Balaban J connectivity index is 2.08. The van der Waals surface area contributed by atoms with Crippen molar-refractivity contribution in [3.8, 4) is 0 Å². The van der Waals surface area contributed by atoms with Crippen molar-refractivity contribution in [2.24, 2.45) is 20.5 Å². The highest BCUT2D eigenvalue weighted by Gasteiger charge is 2.19. The molecule has 2 aromatic rings. The van der Waals surface area contributed by atoms with Gasteiger partial charge in [-0.2, -0.15) is 5.10 Å². The summed E-state index contributed by atoms with van der Waals surface area (Å²) < 4.78 is 0.633. The molecule has 2 rings (SSSR count). The van der Waals surface area contributed by atoms with Crippen molar-refractivity contribution in [3.05, 3.63) is 70.2 Å². The van der Waals surface area contributed by atoms with Gasteiger partial charge < -0.3 is 15.0 Å². The minimum atomic E-state index is -0.383. The summed E-state index contributed by atoms with van der Waals surface area (Å²) in [5.74, 6) is -0.424. The van der Waals surface area contributed by atoms with Gasteiger partial charge in [0.1, 0.15) is 13.7 Å². The maximum Gasteiger partial charge on any atom is 0.273 e. The van der Waals surface area contributed by atoms with Crippen LogP contribution in [-0.2, 0) is 21.1 Å². The highest BCUT2D eigenvalue weighted by Crippen LogP contribution is 2.24. The van der Waals surface area contributed by atoms with Gasteiger partial charge in [-0.3, -0.25) is 9.59 Å². The molecule has 0 aliphatic carbocycles. The third-order valence-corrected chi connectivity index (χ3v) is 7.36. The van der Waals surface area contributed by atoms with Gasteiger partial charge in [-0.1, -0.05) is 70.1 Å². The Morgan fingerprint density at radius 2 is 1.79 bits per heavy atom. The van der Waals surface area contributed by atoms with Crippen LogP contribution in [0.1, 0.15) is 42.3 Å². The molecule has 1 amide bonds. The van der Waals surface area contributed by atoms with Crippen molar-refractivity contribution in [2.75, 3.05) is 20.4 Å². The Morgan fingerprint density at radius 3 is 2.45 bits per heavy atom. The second-order valence-electron chi connectivity index (χ2n) is 7.70. The van der Waals surface area contributed by atoms with Crippen LogP contribution in [0.2, 0.25) is 5.02 Å². The normalized spacial score (nSPS) is 13.7. The predicted octanol–water partition coefficient (Wildman–Crippen LogP) is 5.43. The number of likely N-dealkylation sites (N-methyl/N-ethyl adjacent to an activating group) is 1. The quantitative estimate of drug-likeness (QED) is 0.165. The molecule has 38 heavy (non-hydrogen) atoms. The number of halogens is 1. The van der Waals surface area contributed by atoms with Gasteiger partial charge in [0.05, 0.1) is 16.7 Å². The predicted molar refractivity (Wildman–Crippen MR) is 159 cm³/mol. The molecule has 1 atom stereocenters. The van der Waals surface area contributed by atoms with E-state index < -0.39 is 0 Å². The van der Waals surface area contributed by atoms with E-state index in [2.05, 4.69) is 25.8 Å². The molecule has 0 radical (unpaired) electrons. The van der Waals surface area contributed by atoms with E-state index in [0.29, 0.717) is 37.5 Å². The van der Waals surface area contributed by atoms with Crippen LogP contribution >= 0.6 is 35.1 Å². The molecular weight excluding hydrogens is 546 g/mol. The number of Topliss-reactive ketones (excluding diaryl/α,β-unsaturated/α-hetero) is 1. The molecular formula is C26H30ClN5O4S2. The molecule has 0 spiro atoms. The first-order chi connectivity index (χ1) is 18.2. The Bertz CT molecular complexity index is 1260. The monoisotopic (exact) mass is 575 g/mol. The molecule has 0 aliphatic rings. The fourth-order valence-corrected chi connectivity index (χ4v) is 4.71. The third-order valence-electron chi connectivity index (χ3n) is 5.05. The Hall–Kier alpha value is -3.15. The van der Waals surface area contributed by atoms with Gasteiger partial charge in [0.25, 0.3) is 5.91 Å². The van der Waals surface area contributed by atoms with Crippen LogP contribution in [0.3, 0.4) is 0 Å². The molecule has 1 unspecified atom stereocenters. The number of nitrogens with one attached hydrogen (secondary N) is 1. The smallest absolute Gasteiger partial charge is 0.273 e. The number of oxime groups is 2. The first-order valence-electron chi connectivity index (χ1n) is 11.4. The molecule has 12 heteroatoms. The number of thioether (sulfide) groups is 2. The number of amides is 1. The lowest BCUT2D eigenvalue weighted by Gasteiger charge is -2.10. The summed E-state index contributed by atoms with van der Waals surface area (Å²) in [7, 11) is 2.89. The van der Waals surface area contributed by atoms with Crippen molar-refractivity contribution in [2.45, 2.75) is 32.6 Å². The molecule has 202 valence electrons. The Kier molecular flexibility index (Phi) is 13.0. The maximum atomic E-state index is 12.7. The molecule has 2 aromatic carbocycles. The van der Waals surface area contributed by atoms with E-state index in [9.17, 15) is 9.59 Å². The lowest BCUT2D eigenvalue weighted by Crippen LogP contribution is -2.29. The van der Waals surface area contributed by atoms with Crippen LogP contribution in [0.15, 0.2) is 69.0 Å². The van der Waals surface area contributed by atoms with Crippen molar-refractivity contribution in [3.63, 3.8) is 0 Å². The molecule has 9 nitrogen and oxygen atoms in total. The minimum Gasteiger partial charge on any atom is -0.398 e. The number of benzene rings is 2. The lowest BCUT2D eigenvalue weighted by atomic mass is 10.0. The molecule has 1 N–H and O–H groups in total. The number of carbonyl (C=O) groups is 2. The van der Waals surface area contributed by atoms with E-state index in [0.717, 1.165) is 0 Å². The molecule has 0 bridgehead atoms. The van der Waals surface area contributed by atoms with Gasteiger partial charge >= 0.3 is 0 Å². The summed E-state index contributed by atoms with van der Waals surface area (Å²) >= 11 is 8.73. The number of nitrogens with zero attached hydrogens (tertiary/aromatic N) is 4. The standard InChI is InChI=1S/C26H30ClN5O4S2/c1-16(29-30-26(37-6)38-18(3)24(33)19-11-9-12-21(27)14-19)17(2)31-36-15-20-10-7-8-13-22(20)23(32-35-5)25(34)28-4/h7-14,18H,15H2,1-6H3,(H,28,34)/b29-16-,30-26+,31-17+,32-23+. The average Bonchev–Trinajstić information content (AvgIpc) is 2.93. The van der Waals surface area contributed by atoms with E-state index in [1.54, 1.807) is 50.2 Å². The zero-order valence-corrected chi connectivity index (χ0v) is 24.4. The van der Waals surface area contributed by atoms with Crippen LogP contribution in [-0.4, -0.2) is 58.9 Å². The Labute approximate surface area is 236 Å². The van der Waals surface area contributed by atoms with Gasteiger partial charge in [-0.25, -0.2) is 0 Å². The van der Waals surface area contributed by atoms with E-state index >= 15 is 0 Å². The van der Waals surface area contributed by atoms with Gasteiger partial charge in [0, 0.05) is 28.8 Å². The maximum absolute atomic E-state index is 12.7. The largest absolute Gasteiger partial charge is 0.398 e. The first-order valence-corrected chi connectivity index (χ1v) is 13.9. The summed E-state index contributed by atoms with van der Waals surface area (Å²) in [4.78, 5) is 35.3. The fourth-order valence-electron chi connectivity index (χ4n) is 2.95. The molecule has 0 saturated carbocycles. The SMILES string of the molecule is CNC(=O)/C(=N/OC)c1ccccc1CO/N=C(C)/C(C)=N\N=C(/SC)SC(C)C(=O)c1cccc(Cl)c1. The highest BCUT2D eigenvalue weighted by molar-refractivity contribution is 8.39. The average molecular weight is 576 g/mol. The lowest BCUT2D eigenvalue weighted by molar-refractivity contribution is -0.114. The number of carbonyl (C=O) groups excluding carboxylic acids is 2. The van der Waals surface area contributed by atoms with Gasteiger partial charge in [0.2, 0.25) is 0 Å². The Morgan fingerprint density at radius 1 is 1.05 bits per heavy atom. The summed E-state index contributed by atoms with van der Waals surface area (Å²) in [5.41, 5.74) is 3.03. The molecule has 0 saturated heterocycles. The minimum absolute atomic E-state index is 0.0403. The number of rotatable bonds is 11. The van der Waals surface area contributed by atoms with Crippen molar-refractivity contribution in [1.29, 1.82) is 0 Å². The van der Waals surface area contributed by atoms with Crippen molar-refractivity contribution in [1.82, 2.24) is 5.32 Å². The van der Waals surface area contributed by atoms with Crippen LogP contribution in [0, 0.1) is 0 Å². The van der Waals surface area contributed by atoms with E-state index in [-0.39, 0.29) is 29.3 Å². The zero-order chi connectivity index (χ0) is 28.1. The van der Waals surface area contributed by atoms with E-state index in [1.807, 2.05) is 25.3 Å². The first kappa shape index (κ1) is 31.1. The molecule has 0 heterocycles. The number of hydrogen-bond donors (Lipinski definition) is 1. The molecule has 0 fully saturated rings. The van der Waals surface area contributed by atoms with Crippen molar-refractivity contribution >= 4 is 68.3 Å². The zero-order valence-electron chi connectivity index (χ0n) is 22.0. The summed E-state index contributed by atoms with van der Waals surface area (Å²) in [6.07, 6.45) is 1.87. The number of hydrogen-bond acceptors (Lipinski definition) is 10. The third kappa shape index (κ3) is 9.30. The van der Waals surface area contributed by atoms with E-state index in [1.165, 1.54) is 37.7 Å². The summed E-state index contributed by atoms with van der Waals surface area (Å²) in [5, 5.41) is 19.2. The fraction of sp³-hybridized carbons (Fsp3) is 0.308.